The first-order valence-corrected chi connectivity index (χ1v) is 18.9. The lowest BCUT2D eigenvalue weighted by molar-refractivity contribution is 1.50. The van der Waals surface area contributed by atoms with E-state index in [2.05, 4.69) is 244 Å². The highest BCUT2D eigenvalue weighted by Crippen LogP contribution is 2.29. The molecule has 0 heteroatoms. The van der Waals surface area contributed by atoms with Crippen molar-refractivity contribution in [2.45, 2.75) is 6.92 Å². The van der Waals surface area contributed by atoms with Crippen LogP contribution in [0.1, 0.15) is 61.2 Å². The van der Waals surface area contributed by atoms with E-state index in [1.807, 2.05) is 0 Å². The van der Waals surface area contributed by atoms with Gasteiger partial charge >= 0.3 is 0 Å². The van der Waals surface area contributed by atoms with Gasteiger partial charge in [-0.25, -0.2) is 0 Å². The van der Waals surface area contributed by atoms with E-state index < -0.39 is 0 Å². The van der Waals surface area contributed by atoms with Crippen molar-refractivity contribution in [3.8, 4) is 0 Å². The summed E-state index contributed by atoms with van der Waals surface area (Å²) in [5, 5.41) is 2.49. The van der Waals surface area contributed by atoms with Crippen molar-refractivity contribution in [2.75, 3.05) is 0 Å². The zero-order valence-electron chi connectivity index (χ0n) is 31.0. The first-order valence-electron chi connectivity index (χ1n) is 18.9. The molecule has 0 saturated carbocycles. The molecule has 0 amide bonds. The minimum atomic E-state index is 1.16. The second-order valence-electron chi connectivity index (χ2n) is 13.9. The van der Waals surface area contributed by atoms with Crippen molar-refractivity contribution in [3.63, 3.8) is 0 Å². The van der Waals surface area contributed by atoms with E-state index in [1.165, 1.54) is 72.0 Å². The number of hydrogen-bond acceptors (Lipinski definition) is 0. The zero-order chi connectivity index (χ0) is 37.2. The second kappa shape index (κ2) is 16.8. The molecular weight excluding hydrogens is 661 g/mol. The Balaban J connectivity index is 1.04. The summed E-state index contributed by atoms with van der Waals surface area (Å²) in [5.74, 6) is 0. The smallest absolute Gasteiger partial charge is 0.0105 e. The lowest BCUT2D eigenvalue weighted by atomic mass is 9.95. The molecule has 0 atom stereocenters. The number of benzene rings is 8. The van der Waals surface area contributed by atoms with E-state index >= 15 is 0 Å². The molecule has 0 aliphatic carbocycles. The van der Waals surface area contributed by atoms with Crippen LogP contribution in [0.25, 0.3) is 58.4 Å². The molecule has 0 N–H and O–H groups in total. The molecule has 0 saturated heterocycles. The molecule has 262 valence electrons. The predicted molar refractivity (Wildman–Crippen MR) is 239 cm³/mol. The maximum Gasteiger partial charge on any atom is -0.0105 e. The minimum absolute atomic E-state index is 1.16. The van der Waals surface area contributed by atoms with Crippen molar-refractivity contribution >= 4 is 58.4 Å². The van der Waals surface area contributed by atoms with Gasteiger partial charge in [-0.3, -0.25) is 0 Å². The summed E-state index contributed by atoms with van der Waals surface area (Å²) >= 11 is 0. The molecule has 55 heavy (non-hydrogen) atoms. The Morgan fingerprint density at radius 3 is 1.15 bits per heavy atom. The quantitative estimate of drug-likeness (QED) is 0.124. The topological polar surface area (TPSA) is 0 Å². The first-order chi connectivity index (χ1) is 27.1. The summed E-state index contributed by atoms with van der Waals surface area (Å²) in [7, 11) is 0. The van der Waals surface area contributed by atoms with Crippen LogP contribution >= 0.6 is 0 Å². The second-order valence-corrected chi connectivity index (χ2v) is 13.9. The summed E-state index contributed by atoms with van der Waals surface area (Å²) in [6.45, 7) is 2.16. The van der Waals surface area contributed by atoms with Gasteiger partial charge in [0.15, 0.2) is 0 Å². The fourth-order valence-electron chi connectivity index (χ4n) is 7.01. The summed E-state index contributed by atoms with van der Waals surface area (Å²) in [5.41, 5.74) is 15.6. The van der Waals surface area contributed by atoms with Crippen LogP contribution in [-0.4, -0.2) is 0 Å². The summed E-state index contributed by atoms with van der Waals surface area (Å²) in [4.78, 5) is 0. The predicted octanol–water partition coefficient (Wildman–Crippen LogP) is 14.7. The average Bonchev–Trinajstić information content (AvgIpc) is 3.25. The Kier molecular flexibility index (Phi) is 10.7. The molecule has 0 radical (unpaired) electrons. The van der Waals surface area contributed by atoms with E-state index in [1.54, 1.807) is 0 Å². The molecule has 0 heterocycles. The number of aryl methyl sites for hydroxylation is 1. The van der Waals surface area contributed by atoms with Crippen LogP contribution in [0.2, 0.25) is 0 Å². The molecule has 8 aromatic rings. The summed E-state index contributed by atoms with van der Waals surface area (Å²) < 4.78 is 0. The van der Waals surface area contributed by atoms with Crippen molar-refractivity contribution < 1.29 is 0 Å². The van der Waals surface area contributed by atoms with Gasteiger partial charge < -0.3 is 0 Å². The molecule has 0 aliphatic rings. The van der Waals surface area contributed by atoms with Gasteiger partial charge in [0.25, 0.3) is 0 Å². The van der Waals surface area contributed by atoms with Gasteiger partial charge in [0.05, 0.1) is 0 Å². The van der Waals surface area contributed by atoms with Gasteiger partial charge in [0.1, 0.15) is 0 Å². The molecule has 0 aliphatic heterocycles. The van der Waals surface area contributed by atoms with Crippen molar-refractivity contribution in [2.24, 2.45) is 0 Å². The Hall–Kier alpha value is -7.02. The third kappa shape index (κ3) is 8.79. The molecule has 0 spiro atoms. The molecule has 8 rings (SSSR count). The minimum Gasteiger partial charge on any atom is -0.0622 e. The zero-order valence-corrected chi connectivity index (χ0v) is 31.0. The number of rotatable bonds is 10. The van der Waals surface area contributed by atoms with Crippen LogP contribution < -0.4 is 0 Å². The molecule has 0 aromatic heterocycles. The molecule has 0 nitrogen and oxygen atoms in total. The molecule has 0 unspecified atom stereocenters. The van der Waals surface area contributed by atoms with E-state index in [0.717, 1.165) is 11.1 Å². The largest absolute Gasteiger partial charge is 0.0622 e. The van der Waals surface area contributed by atoms with Crippen LogP contribution in [0.15, 0.2) is 200 Å². The van der Waals surface area contributed by atoms with E-state index in [9.17, 15) is 0 Å². The van der Waals surface area contributed by atoms with Crippen LogP contribution in [0.5, 0.6) is 0 Å². The fourth-order valence-corrected chi connectivity index (χ4v) is 7.01. The molecular formula is C55H42. The monoisotopic (exact) mass is 702 g/mol. The summed E-state index contributed by atoms with van der Waals surface area (Å²) in [6, 6.07) is 71.3. The Bertz CT molecular complexity index is 2540. The third-order valence-corrected chi connectivity index (χ3v) is 9.92. The molecule has 8 aromatic carbocycles. The Morgan fingerprint density at radius 1 is 0.327 bits per heavy atom. The van der Waals surface area contributed by atoms with E-state index in [4.69, 9.17) is 0 Å². The van der Waals surface area contributed by atoms with Gasteiger partial charge in [-0.05, 0) is 109 Å². The third-order valence-electron chi connectivity index (χ3n) is 9.92. The fraction of sp³-hybridized carbons (Fsp3) is 0.0182. The highest BCUT2D eigenvalue weighted by atomic mass is 14.1. The number of fused-ring (bicyclic) bond motifs is 1. The van der Waals surface area contributed by atoms with Crippen molar-refractivity contribution in [1.82, 2.24) is 0 Å². The Labute approximate surface area is 325 Å². The lowest BCUT2D eigenvalue weighted by Gasteiger charge is -2.09. The molecule has 0 fully saturated rings. The standard InChI is InChI=1S/C55H42/c1-41-22-34-51-37-46(32-27-42-23-28-44(29-24-42)39-54(47-14-6-2-7-15-47)48-16-8-3-9-17-48)38-52(53(51)36-41)35-33-43-25-30-45(31-26-43)40-55(49-18-10-4-11-19-49)50-20-12-5-13-21-50/h2-40H,1H3. The van der Waals surface area contributed by atoms with Gasteiger partial charge in [-0.2, -0.15) is 0 Å². The SMILES string of the molecule is Cc1ccc2cc(C=Cc3ccc(C=C(c4ccccc4)c4ccccc4)cc3)cc(C=Cc3ccc(C=C(c4ccccc4)c4ccccc4)cc3)c2c1. The van der Waals surface area contributed by atoms with Crippen LogP contribution in [-0.2, 0) is 0 Å². The van der Waals surface area contributed by atoms with Gasteiger partial charge in [-0.15, -0.1) is 0 Å². The lowest BCUT2D eigenvalue weighted by Crippen LogP contribution is -1.88. The average molecular weight is 703 g/mol. The van der Waals surface area contributed by atoms with Crippen LogP contribution in [0.4, 0.5) is 0 Å². The van der Waals surface area contributed by atoms with E-state index in [0.29, 0.717) is 0 Å². The number of hydrogen-bond donors (Lipinski definition) is 0. The highest BCUT2D eigenvalue weighted by molar-refractivity contribution is 5.96. The van der Waals surface area contributed by atoms with Crippen LogP contribution in [0.3, 0.4) is 0 Å². The maximum absolute atomic E-state index is 2.29. The highest BCUT2D eigenvalue weighted by Gasteiger charge is 2.07. The van der Waals surface area contributed by atoms with E-state index in [-0.39, 0.29) is 0 Å². The van der Waals surface area contributed by atoms with Gasteiger partial charge in [0, 0.05) is 0 Å². The van der Waals surface area contributed by atoms with Crippen LogP contribution in [0, 0.1) is 6.92 Å². The Morgan fingerprint density at radius 2 is 0.709 bits per heavy atom. The van der Waals surface area contributed by atoms with Gasteiger partial charge in [-0.1, -0.05) is 218 Å². The normalized spacial score (nSPS) is 11.2. The summed E-state index contributed by atoms with van der Waals surface area (Å²) in [6.07, 6.45) is 13.5. The van der Waals surface area contributed by atoms with Gasteiger partial charge in [0.2, 0.25) is 0 Å². The maximum atomic E-state index is 2.29. The first kappa shape index (κ1) is 35.0. The van der Waals surface area contributed by atoms with Crippen molar-refractivity contribution in [1.29, 1.82) is 0 Å². The van der Waals surface area contributed by atoms with Crippen molar-refractivity contribution in [3.05, 3.63) is 261 Å². The molecule has 0 bridgehead atoms.